The predicted molar refractivity (Wildman–Crippen MR) is 74.2 cm³/mol. The molecule has 0 spiro atoms. The van der Waals surface area contributed by atoms with Crippen LogP contribution in [-0.4, -0.2) is 37.1 Å². The van der Waals surface area contributed by atoms with E-state index in [1.807, 2.05) is 0 Å². The van der Waals surface area contributed by atoms with Crippen LogP contribution in [0, 0.1) is 17.8 Å². The first-order valence-corrected chi connectivity index (χ1v) is 7.61. The lowest BCUT2D eigenvalue weighted by atomic mass is 9.78. The molecule has 1 N–H and O–H groups in total. The van der Waals surface area contributed by atoms with Gasteiger partial charge in [-0.1, -0.05) is 20.8 Å². The first kappa shape index (κ1) is 13.4. The second-order valence-corrected chi connectivity index (χ2v) is 6.58. The molecule has 17 heavy (non-hydrogen) atoms. The van der Waals surface area contributed by atoms with Gasteiger partial charge in [-0.3, -0.25) is 0 Å². The average Bonchev–Trinajstić information content (AvgIpc) is 2.27. The Morgan fingerprint density at radius 3 is 2.65 bits per heavy atom. The maximum Gasteiger partial charge on any atom is 0.00981 e. The van der Waals surface area contributed by atoms with Crippen molar-refractivity contribution in [3.05, 3.63) is 0 Å². The monoisotopic (exact) mass is 238 g/mol. The maximum atomic E-state index is 3.55. The molecule has 2 rings (SSSR count). The summed E-state index contributed by atoms with van der Waals surface area (Å²) < 4.78 is 0. The van der Waals surface area contributed by atoms with Crippen LogP contribution in [0.5, 0.6) is 0 Å². The van der Waals surface area contributed by atoms with Crippen molar-refractivity contribution in [1.29, 1.82) is 0 Å². The van der Waals surface area contributed by atoms with Crippen LogP contribution in [0.25, 0.3) is 0 Å². The van der Waals surface area contributed by atoms with Crippen LogP contribution in [-0.2, 0) is 0 Å². The smallest absolute Gasteiger partial charge is 0.00981 e. The van der Waals surface area contributed by atoms with Gasteiger partial charge in [0.1, 0.15) is 0 Å². The minimum atomic E-state index is 0.810. The summed E-state index contributed by atoms with van der Waals surface area (Å²) in [7, 11) is 0. The molecule has 1 saturated carbocycles. The van der Waals surface area contributed by atoms with Crippen molar-refractivity contribution in [3.8, 4) is 0 Å². The normalized spacial score (nSPS) is 41.8. The van der Waals surface area contributed by atoms with E-state index in [0.29, 0.717) is 0 Å². The van der Waals surface area contributed by atoms with Crippen molar-refractivity contribution in [2.24, 2.45) is 17.8 Å². The number of rotatable bonds is 1. The van der Waals surface area contributed by atoms with E-state index in [2.05, 4.69) is 31.0 Å². The number of nitrogens with one attached hydrogen (secondary N) is 1. The lowest BCUT2D eigenvalue weighted by Crippen LogP contribution is -2.46. The molecule has 2 aliphatic rings. The molecule has 1 saturated heterocycles. The first-order chi connectivity index (χ1) is 8.16. The summed E-state index contributed by atoms with van der Waals surface area (Å²) in [4.78, 5) is 2.80. The van der Waals surface area contributed by atoms with E-state index in [0.717, 1.165) is 23.8 Å². The SMILES string of the molecule is CC1CNCCCN(C2CCC(C)C(C)C2)C1. The summed E-state index contributed by atoms with van der Waals surface area (Å²) in [5, 5.41) is 3.55. The maximum absolute atomic E-state index is 3.55. The van der Waals surface area contributed by atoms with Gasteiger partial charge in [0.05, 0.1) is 0 Å². The quantitative estimate of drug-likeness (QED) is 0.755. The van der Waals surface area contributed by atoms with Crippen LogP contribution < -0.4 is 5.32 Å². The molecule has 1 aliphatic heterocycles. The summed E-state index contributed by atoms with van der Waals surface area (Å²) in [5.74, 6) is 2.68. The molecule has 0 radical (unpaired) electrons. The zero-order valence-electron chi connectivity index (χ0n) is 11.9. The van der Waals surface area contributed by atoms with Crippen LogP contribution in [0.2, 0.25) is 0 Å². The molecule has 0 amide bonds. The molecule has 4 unspecified atom stereocenters. The Bertz CT molecular complexity index is 229. The third-order valence-electron chi connectivity index (χ3n) is 4.92. The lowest BCUT2D eigenvalue weighted by Gasteiger charge is -2.41. The van der Waals surface area contributed by atoms with Crippen LogP contribution >= 0.6 is 0 Å². The molecule has 100 valence electrons. The van der Waals surface area contributed by atoms with E-state index in [1.54, 1.807) is 0 Å². The summed E-state index contributed by atoms with van der Waals surface area (Å²) >= 11 is 0. The Hall–Kier alpha value is -0.0800. The average molecular weight is 238 g/mol. The summed E-state index contributed by atoms with van der Waals surface area (Å²) in [6.45, 7) is 12.3. The molecular weight excluding hydrogens is 208 g/mol. The molecule has 0 aromatic rings. The fourth-order valence-corrected chi connectivity index (χ4v) is 3.49. The molecule has 4 atom stereocenters. The van der Waals surface area contributed by atoms with Gasteiger partial charge in [-0.05, 0) is 63.1 Å². The minimum absolute atomic E-state index is 0.810. The van der Waals surface area contributed by atoms with Crippen LogP contribution in [0.3, 0.4) is 0 Å². The standard InChI is InChI=1S/C15H30N2/c1-12-10-16-7-4-8-17(11-12)15-6-5-13(2)14(3)9-15/h12-16H,4-11H2,1-3H3. The highest BCUT2D eigenvalue weighted by Gasteiger charge is 2.29. The molecule has 2 nitrogen and oxygen atoms in total. The second-order valence-electron chi connectivity index (χ2n) is 6.58. The lowest BCUT2D eigenvalue weighted by molar-refractivity contribution is 0.0896. The number of nitrogens with zero attached hydrogens (tertiary/aromatic N) is 1. The third kappa shape index (κ3) is 3.69. The number of hydrogen-bond acceptors (Lipinski definition) is 2. The first-order valence-electron chi connectivity index (χ1n) is 7.61. The minimum Gasteiger partial charge on any atom is -0.316 e. The highest BCUT2D eigenvalue weighted by Crippen LogP contribution is 2.32. The van der Waals surface area contributed by atoms with Gasteiger partial charge in [0.15, 0.2) is 0 Å². The second kappa shape index (κ2) is 6.19. The van der Waals surface area contributed by atoms with Crippen molar-refractivity contribution in [2.45, 2.75) is 52.5 Å². The van der Waals surface area contributed by atoms with E-state index >= 15 is 0 Å². The highest BCUT2D eigenvalue weighted by molar-refractivity contribution is 4.83. The Balaban J connectivity index is 1.90. The van der Waals surface area contributed by atoms with Crippen LogP contribution in [0.15, 0.2) is 0 Å². The zero-order chi connectivity index (χ0) is 12.3. The molecule has 0 aromatic carbocycles. The van der Waals surface area contributed by atoms with Crippen molar-refractivity contribution < 1.29 is 0 Å². The van der Waals surface area contributed by atoms with Gasteiger partial charge in [-0.25, -0.2) is 0 Å². The van der Waals surface area contributed by atoms with E-state index in [-0.39, 0.29) is 0 Å². The van der Waals surface area contributed by atoms with Gasteiger partial charge in [0.25, 0.3) is 0 Å². The van der Waals surface area contributed by atoms with Gasteiger partial charge in [0.2, 0.25) is 0 Å². The van der Waals surface area contributed by atoms with E-state index in [4.69, 9.17) is 0 Å². The molecule has 0 bridgehead atoms. The fraction of sp³-hybridized carbons (Fsp3) is 1.00. The van der Waals surface area contributed by atoms with E-state index < -0.39 is 0 Å². The Labute approximate surface area is 107 Å². The van der Waals surface area contributed by atoms with Gasteiger partial charge in [-0.2, -0.15) is 0 Å². The Morgan fingerprint density at radius 2 is 1.88 bits per heavy atom. The molecule has 2 fully saturated rings. The summed E-state index contributed by atoms with van der Waals surface area (Å²) in [6, 6.07) is 0.877. The Kier molecular flexibility index (Phi) is 4.87. The van der Waals surface area contributed by atoms with E-state index in [9.17, 15) is 0 Å². The molecular formula is C15H30N2. The molecule has 1 aliphatic carbocycles. The largest absolute Gasteiger partial charge is 0.316 e. The van der Waals surface area contributed by atoms with Crippen LogP contribution in [0.4, 0.5) is 0 Å². The van der Waals surface area contributed by atoms with Crippen molar-refractivity contribution in [1.82, 2.24) is 10.2 Å². The Morgan fingerprint density at radius 1 is 1.06 bits per heavy atom. The predicted octanol–water partition coefficient (Wildman–Crippen LogP) is 2.74. The van der Waals surface area contributed by atoms with Crippen LogP contribution in [0.1, 0.15) is 46.5 Å². The number of hydrogen-bond donors (Lipinski definition) is 1. The fourth-order valence-electron chi connectivity index (χ4n) is 3.49. The third-order valence-corrected chi connectivity index (χ3v) is 4.92. The molecule has 2 heteroatoms. The topological polar surface area (TPSA) is 15.3 Å². The molecule has 1 heterocycles. The van der Waals surface area contributed by atoms with Gasteiger partial charge >= 0.3 is 0 Å². The summed E-state index contributed by atoms with van der Waals surface area (Å²) in [6.07, 6.45) is 5.63. The van der Waals surface area contributed by atoms with Gasteiger partial charge in [0, 0.05) is 12.6 Å². The van der Waals surface area contributed by atoms with Crippen molar-refractivity contribution in [3.63, 3.8) is 0 Å². The van der Waals surface area contributed by atoms with Crippen molar-refractivity contribution in [2.75, 3.05) is 26.2 Å². The van der Waals surface area contributed by atoms with Gasteiger partial charge in [-0.15, -0.1) is 0 Å². The summed E-state index contributed by atoms with van der Waals surface area (Å²) in [5.41, 5.74) is 0. The zero-order valence-corrected chi connectivity index (χ0v) is 11.9. The van der Waals surface area contributed by atoms with Gasteiger partial charge < -0.3 is 10.2 Å². The van der Waals surface area contributed by atoms with Crippen molar-refractivity contribution >= 4 is 0 Å². The highest BCUT2D eigenvalue weighted by atomic mass is 15.2. The molecule has 0 aromatic heterocycles. The van der Waals surface area contributed by atoms with E-state index in [1.165, 1.54) is 51.9 Å².